The van der Waals surface area contributed by atoms with E-state index in [1.807, 2.05) is 19.1 Å². The molecule has 0 aliphatic carbocycles. The maximum absolute atomic E-state index is 13.7. The Morgan fingerprint density at radius 3 is 2.56 bits per heavy atom. The molecule has 1 unspecified atom stereocenters. The van der Waals surface area contributed by atoms with Crippen LogP contribution in [0.25, 0.3) is 0 Å². The molecule has 0 saturated heterocycles. The molecule has 146 valence electrons. The summed E-state index contributed by atoms with van der Waals surface area (Å²) in [7, 11) is 1.41. The molecule has 0 bridgehead atoms. The van der Waals surface area contributed by atoms with Gasteiger partial charge in [0.05, 0.1) is 17.9 Å². The van der Waals surface area contributed by atoms with Gasteiger partial charge in [0.15, 0.2) is 11.6 Å². The molecule has 2 aromatic carbocycles. The van der Waals surface area contributed by atoms with Crippen molar-refractivity contribution in [1.29, 1.82) is 0 Å². The molecule has 6 nitrogen and oxygen atoms in total. The van der Waals surface area contributed by atoms with Gasteiger partial charge in [-0.2, -0.15) is 0 Å². The lowest BCUT2D eigenvalue weighted by molar-refractivity contribution is -0.0365. The summed E-state index contributed by atoms with van der Waals surface area (Å²) in [6.45, 7) is 1.66. The highest BCUT2D eigenvalue weighted by molar-refractivity contribution is 14.1. The molecule has 0 heterocycles. The molecular weight excluding hydrogens is 473 g/mol. The molecule has 1 amide bonds. The summed E-state index contributed by atoms with van der Waals surface area (Å²) in [6.07, 6.45) is -0.938. The molecule has 0 fully saturated rings. The van der Waals surface area contributed by atoms with Gasteiger partial charge in [-0.1, -0.05) is 0 Å². The second-order valence-corrected chi connectivity index (χ2v) is 6.99. The molecule has 3 N–H and O–H groups in total. The van der Waals surface area contributed by atoms with Gasteiger partial charge in [0, 0.05) is 22.4 Å². The number of aryl methyl sites for hydroxylation is 1. The van der Waals surface area contributed by atoms with Crippen molar-refractivity contribution in [3.8, 4) is 0 Å². The zero-order valence-corrected chi connectivity index (χ0v) is 16.8. The molecule has 27 heavy (non-hydrogen) atoms. The Balaban J connectivity index is 2.19. The zero-order valence-electron chi connectivity index (χ0n) is 14.7. The van der Waals surface area contributed by atoms with E-state index in [-0.39, 0.29) is 24.5 Å². The van der Waals surface area contributed by atoms with Crippen molar-refractivity contribution >= 4 is 39.9 Å². The first-order valence-corrected chi connectivity index (χ1v) is 9.01. The Morgan fingerprint density at radius 2 is 1.89 bits per heavy atom. The smallest absolute Gasteiger partial charge is 0.277 e. The number of aliphatic hydroxyl groups excluding tert-OH is 1. The average Bonchev–Trinajstić information content (AvgIpc) is 2.60. The molecule has 0 radical (unpaired) electrons. The number of methoxy groups -OCH3 is 1. The van der Waals surface area contributed by atoms with Gasteiger partial charge in [0.1, 0.15) is 12.7 Å². The minimum atomic E-state index is -1.16. The molecule has 0 aliphatic heterocycles. The minimum absolute atomic E-state index is 0.0277. The van der Waals surface area contributed by atoms with E-state index in [2.05, 4.69) is 33.4 Å². The van der Waals surface area contributed by atoms with Gasteiger partial charge in [-0.15, -0.1) is 0 Å². The van der Waals surface area contributed by atoms with E-state index in [4.69, 9.17) is 9.57 Å². The van der Waals surface area contributed by atoms with E-state index in [9.17, 15) is 18.7 Å². The van der Waals surface area contributed by atoms with Crippen molar-refractivity contribution in [2.75, 3.05) is 25.6 Å². The van der Waals surface area contributed by atoms with E-state index in [1.54, 1.807) is 6.07 Å². The van der Waals surface area contributed by atoms with E-state index in [0.717, 1.165) is 21.3 Å². The second-order valence-electron chi connectivity index (χ2n) is 5.75. The predicted molar refractivity (Wildman–Crippen MR) is 105 cm³/mol. The summed E-state index contributed by atoms with van der Waals surface area (Å²) in [5.41, 5.74) is 3.55. The van der Waals surface area contributed by atoms with Crippen molar-refractivity contribution in [3.63, 3.8) is 0 Å². The summed E-state index contributed by atoms with van der Waals surface area (Å²) in [5, 5.41) is 12.4. The third-order valence-corrected chi connectivity index (χ3v) is 4.23. The van der Waals surface area contributed by atoms with Crippen LogP contribution in [0.5, 0.6) is 0 Å². The molecule has 0 aliphatic rings. The van der Waals surface area contributed by atoms with Crippen molar-refractivity contribution in [3.05, 3.63) is 56.7 Å². The number of ether oxygens (including phenoxy) is 1. The van der Waals surface area contributed by atoms with E-state index in [0.29, 0.717) is 5.69 Å². The number of carbonyl (C=O) groups excluding carboxylic acids is 1. The number of anilines is 2. The van der Waals surface area contributed by atoms with Gasteiger partial charge in [-0.3, -0.25) is 9.63 Å². The number of aliphatic hydroxyl groups is 1. The molecule has 0 saturated carbocycles. The van der Waals surface area contributed by atoms with Crippen LogP contribution < -0.4 is 10.8 Å². The molecule has 0 spiro atoms. The lowest BCUT2D eigenvalue weighted by Crippen LogP contribution is -2.30. The number of hydrogen-bond donors (Lipinski definition) is 3. The summed E-state index contributed by atoms with van der Waals surface area (Å²) in [5.74, 6) is -3.04. The van der Waals surface area contributed by atoms with Gasteiger partial charge >= 0.3 is 0 Å². The van der Waals surface area contributed by atoms with Crippen molar-refractivity contribution in [2.45, 2.75) is 13.0 Å². The third-order valence-electron chi connectivity index (χ3n) is 3.56. The summed E-state index contributed by atoms with van der Waals surface area (Å²) in [6, 6.07) is 7.21. The van der Waals surface area contributed by atoms with E-state index in [1.165, 1.54) is 7.11 Å². The molecule has 9 heteroatoms. The largest absolute Gasteiger partial charge is 0.388 e. The van der Waals surface area contributed by atoms with Crippen LogP contribution in [0, 0.1) is 22.1 Å². The lowest BCUT2D eigenvalue weighted by atomic mass is 10.1. The number of halogens is 3. The molecule has 2 aromatic rings. The van der Waals surface area contributed by atoms with Crippen LogP contribution in [-0.4, -0.2) is 37.4 Å². The Bertz CT molecular complexity index is 820. The van der Waals surface area contributed by atoms with Crippen LogP contribution in [-0.2, 0) is 9.57 Å². The standard InChI is InChI=1S/C18H19F2IN2O4/c1-10-5-11(21)3-4-16(10)22-17-7-15(20)14(19)6-13(17)18(25)23-27-9-12(24)8-26-2/h3-7,12,22,24H,8-9H2,1-2H3,(H,23,25). The van der Waals surface area contributed by atoms with Gasteiger partial charge in [-0.05, 0) is 59.3 Å². The van der Waals surface area contributed by atoms with Crippen LogP contribution in [0.4, 0.5) is 20.2 Å². The number of benzene rings is 2. The Morgan fingerprint density at radius 1 is 1.19 bits per heavy atom. The number of amides is 1. The Hall–Kier alpha value is -1.82. The van der Waals surface area contributed by atoms with Crippen molar-refractivity contribution in [1.82, 2.24) is 5.48 Å². The average molecular weight is 492 g/mol. The first-order valence-electron chi connectivity index (χ1n) is 7.93. The summed E-state index contributed by atoms with van der Waals surface area (Å²) < 4.78 is 33.1. The van der Waals surface area contributed by atoms with Crippen molar-refractivity contribution < 1.29 is 28.3 Å². The molecule has 1 atom stereocenters. The molecule has 0 aromatic heterocycles. The minimum Gasteiger partial charge on any atom is -0.388 e. The van der Waals surface area contributed by atoms with Crippen LogP contribution in [0.2, 0.25) is 0 Å². The third kappa shape index (κ3) is 6.09. The topological polar surface area (TPSA) is 79.8 Å². The zero-order chi connectivity index (χ0) is 20.0. The highest BCUT2D eigenvalue weighted by Crippen LogP contribution is 2.27. The second kappa shape index (κ2) is 9.93. The monoisotopic (exact) mass is 492 g/mol. The van der Waals surface area contributed by atoms with Crippen LogP contribution in [0.15, 0.2) is 30.3 Å². The number of carbonyl (C=O) groups is 1. The van der Waals surface area contributed by atoms with Crippen LogP contribution in [0.1, 0.15) is 15.9 Å². The SMILES string of the molecule is COCC(O)CONC(=O)c1cc(F)c(F)cc1Nc1ccc(I)cc1C. The number of hydroxylamine groups is 1. The van der Waals surface area contributed by atoms with E-state index < -0.39 is 23.6 Å². The normalized spacial score (nSPS) is 11.9. The highest BCUT2D eigenvalue weighted by Gasteiger charge is 2.18. The van der Waals surface area contributed by atoms with Gasteiger partial charge in [0.2, 0.25) is 0 Å². The number of rotatable bonds is 8. The first-order chi connectivity index (χ1) is 12.8. The van der Waals surface area contributed by atoms with Crippen molar-refractivity contribution in [2.24, 2.45) is 0 Å². The van der Waals surface area contributed by atoms with Gasteiger partial charge < -0.3 is 15.2 Å². The van der Waals surface area contributed by atoms with Crippen LogP contribution >= 0.6 is 22.6 Å². The van der Waals surface area contributed by atoms with Crippen LogP contribution in [0.3, 0.4) is 0 Å². The first kappa shape index (κ1) is 21.5. The number of nitrogens with one attached hydrogen (secondary N) is 2. The molecular formula is C18H19F2IN2O4. The lowest BCUT2D eigenvalue weighted by Gasteiger charge is -2.15. The molecule has 2 rings (SSSR count). The Kier molecular flexibility index (Phi) is 7.90. The quantitative estimate of drug-likeness (QED) is 0.390. The highest BCUT2D eigenvalue weighted by atomic mass is 127. The fourth-order valence-corrected chi connectivity index (χ4v) is 2.90. The summed E-state index contributed by atoms with van der Waals surface area (Å²) >= 11 is 2.16. The van der Waals surface area contributed by atoms with Gasteiger partial charge in [-0.25, -0.2) is 14.3 Å². The fourth-order valence-electron chi connectivity index (χ4n) is 2.25. The Labute approximate surface area is 169 Å². The van der Waals surface area contributed by atoms with E-state index >= 15 is 0 Å². The number of hydrogen-bond acceptors (Lipinski definition) is 5. The maximum Gasteiger partial charge on any atom is 0.277 e. The maximum atomic E-state index is 13.7. The van der Waals surface area contributed by atoms with Gasteiger partial charge in [0.25, 0.3) is 5.91 Å². The fraction of sp³-hybridized carbons (Fsp3) is 0.278. The predicted octanol–water partition coefficient (Wildman–Crippen LogP) is 3.29. The summed E-state index contributed by atoms with van der Waals surface area (Å²) in [4.78, 5) is 17.2.